The molecule has 7 atom stereocenters. The van der Waals surface area contributed by atoms with Gasteiger partial charge in [-0.1, -0.05) is 12.1 Å². The summed E-state index contributed by atoms with van der Waals surface area (Å²) in [6.07, 6.45) is -0.123. The number of rotatable bonds is 0. The van der Waals surface area contributed by atoms with Crippen molar-refractivity contribution in [1.82, 2.24) is 4.90 Å². The van der Waals surface area contributed by atoms with Crippen molar-refractivity contribution in [2.75, 3.05) is 31.6 Å². The molecule has 158 valence electrons. The molecule has 5 saturated heterocycles. The summed E-state index contributed by atoms with van der Waals surface area (Å²) >= 11 is 0. The van der Waals surface area contributed by atoms with Gasteiger partial charge in [0.15, 0.2) is 0 Å². The molecule has 1 aromatic rings. The Labute approximate surface area is 173 Å². The second kappa shape index (κ2) is 5.07. The SMILES string of the molecule is CN1CC[C@@]23C(=O)C[C@]4(O)[C@H]5[C@H](CC(=O)N(c6c(O)cccc62)[C@@H]53)OC[C@H]2O[C@]24C1. The van der Waals surface area contributed by atoms with Crippen LogP contribution < -0.4 is 4.90 Å². The summed E-state index contributed by atoms with van der Waals surface area (Å²) in [5.41, 5.74) is -2.11. The number of epoxide rings is 1. The first-order chi connectivity index (χ1) is 14.3. The highest BCUT2D eigenvalue weighted by Gasteiger charge is 2.81. The van der Waals surface area contributed by atoms with Crippen LogP contribution >= 0.6 is 0 Å². The van der Waals surface area contributed by atoms with Crippen molar-refractivity contribution in [3.05, 3.63) is 23.8 Å². The van der Waals surface area contributed by atoms with Crippen molar-refractivity contribution in [1.29, 1.82) is 0 Å². The van der Waals surface area contributed by atoms with Gasteiger partial charge in [-0.3, -0.25) is 9.59 Å². The molecule has 0 unspecified atom stereocenters. The van der Waals surface area contributed by atoms with Crippen LogP contribution in [0.25, 0.3) is 0 Å². The minimum atomic E-state index is -1.42. The summed E-state index contributed by atoms with van der Waals surface area (Å²) in [6, 6.07) is 4.58. The van der Waals surface area contributed by atoms with E-state index in [1.165, 1.54) is 0 Å². The van der Waals surface area contributed by atoms with Gasteiger partial charge in [-0.2, -0.15) is 0 Å². The Kier molecular flexibility index (Phi) is 2.98. The molecule has 8 nitrogen and oxygen atoms in total. The van der Waals surface area contributed by atoms with Gasteiger partial charge in [0.1, 0.15) is 28.8 Å². The van der Waals surface area contributed by atoms with E-state index < -0.39 is 34.7 Å². The first kappa shape index (κ1) is 17.7. The highest BCUT2D eigenvalue weighted by atomic mass is 16.7. The number of aliphatic hydroxyl groups is 1. The number of aromatic hydroxyl groups is 1. The number of hydrogen-bond acceptors (Lipinski definition) is 7. The van der Waals surface area contributed by atoms with Gasteiger partial charge in [0.05, 0.1) is 36.3 Å². The van der Waals surface area contributed by atoms with Crippen molar-refractivity contribution in [2.45, 2.75) is 54.1 Å². The highest BCUT2D eigenvalue weighted by molar-refractivity contribution is 6.07. The molecule has 6 heterocycles. The summed E-state index contributed by atoms with van der Waals surface area (Å²) in [4.78, 5) is 31.0. The molecule has 0 aromatic heterocycles. The van der Waals surface area contributed by atoms with Crippen molar-refractivity contribution in [3.8, 4) is 5.75 Å². The van der Waals surface area contributed by atoms with Crippen LogP contribution in [-0.2, 0) is 24.5 Å². The van der Waals surface area contributed by atoms with E-state index in [4.69, 9.17) is 9.47 Å². The third-order valence-corrected chi connectivity index (χ3v) is 8.79. The number of amides is 1. The fourth-order valence-electron chi connectivity index (χ4n) is 7.54. The van der Waals surface area contributed by atoms with Crippen LogP contribution in [0, 0.1) is 5.92 Å². The maximum absolute atomic E-state index is 14.0. The number of phenols is 1. The third kappa shape index (κ3) is 1.66. The molecule has 4 bridgehead atoms. The summed E-state index contributed by atoms with van der Waals surface area (Å²) in [7, 11) is 1.98. The molecular formula is C22H24N2O6. The highest BCUT2D eigenvalue weighted by Crippen LogP contribution is 2.67. The van der Waals surface area contributed by atoms with Crippen molar-refractivity contribution in [3.63, 3.8) is 0 Å². The fraction of sp³-hybridized carbons (Fsp3) is 0.636. The van der Waals surface area contributed by atoms with Gasteiger partial charge >= 0.3 is 0 Å². The summed E-state index contributed by atoms with van der Waals surface area (Å²) in [5, 5.41) is 23.0. The molecule has 7 aliphatic rings. The number of ketones is 1. The number of carbonyl (C=O) groups is 2. The quantitative estimate of drug-likeness (QED) is 0.576. The number of para-hydroxylation sites is 1. The molecule has 2 spiro atoms. The van der Waals surface area contributed by atoms with Gasteiger partial charge < -0.3 is 29.5 Å². The fourth-order valence-corrected chi connectivity index (χ4v) is 7.54. The molecule has 1 saturated carbocycles. The number of benzene rings is 1. The molecule has 1 amide bonds. The number of hydrogen-bond donors (Lipinski definition) is 2. The number of anilines is 1. The predicted octanol–water partition coefficient (Wildman–Crippen LogP) is -0.0591. The van der Waals surface area contributed by atoms with Crippen molar-refractivity contribution >= 4 is 17.4 Å². The Bertz CT molecular complexity index is 1030. The van der Waals surface area contributed by atoms with Gasteiger partial charge in [0.25, 0.3) is 0 Å². The second-order valence-corrected chi connectivity index (χ2v) is 9.96. The number of carbonyl (C=O) groups excluding carboxylic acids is 2. The normalized spacial score (nSPS) is 48.4. The Balaban J connectivity index is 1.57. The van der Waals surface area contributed by atoms with E-state index >= 15 is 0 Å². The van der Waals surface area contributed by atoms with Crippen LogP contribution in [0.5, 0.6) is 5.75 Å². The molecule has 2 N–H and O–H groups in total. The average Bonchev–Trinajstić information content (AvgIpc) is 3.31. The minimum absolute atomic E-state index is 0.000342. The first-order valence-corrected chi connectivity index (χ1v) is 10.7. The van der Waals surface area contributed by atoms with Crippen molar-refractivity contribution in [2.24, 2.45) is 5.92 Å². The largest absolute Gasteiger partial charge is 0.506 e. The van der Waals surface area contributed by atoms with Gasteiger partial charge in [-0.05, 0) is 31.6 Å². The van der Waals surface area contributed by atoms with E-state index in [9.17, 15) is 19.8 Å². The van der Waals surface area contributed by atoms with Crippen LogP contribution in [0.15, 0.2) is 18.2 Å². The van der Waals surface area contributed by atoms with Gasteiger partial charge in [-0.25, -0.2) is 0 Å². The lowest BCUT2D eigenvalue weighted by atomic mass is 9.52. The molecule has 30 heavy (non-hydrogen) atoms. The smallest absolute Gasteiger partial charge is 0.230 e. The Morgan fingerprint density at radius 1 is 1.27 bits per heavy atom. The number of nitrogens with zero attached hydrogens (tertiary/aromatic N) is 2. The minimum Gasteiger partial charge on any atom is -0.506 e. The number of ether oxygens (including phenoxy) is 2. The maximum Gasteiger partial charge on any atom is 0.230 e. The zero-order valence-corrected chi connectivity index (χ0v) is 16.7. The monoisotopic (exact) mass is 412 g/mol. The molecule has 1 aliphatic carbocycles. The maximum atomic E-state index is 14.0. The third-order valence-electron chi connectivity index (χ3n) is 8.79. The van der Waals surface area contributed by atoms with E-state index in [2.05, 4.69) is 4.90 Å². The van der Waals surface area contributed by atoms with Crippen LogP contribution in [0.1, 0.15) is 24.8 Å². The lowest BCUT2D eigenvalue weighted by molar-refractivity contribution is -0.182. The van der Waals surface area contributed by atoms with E-state index in [0.717, 1.165) is 0 Å². The second-order valence-electron chi connectivity index (χ2n) is 9.96. The Morgan fingerprint density at radius 3 is 2.93 bits per heavy atom. The molecular weight excluding hydrogens is 388 g/mol. The molecule has 8 heteroatoms. The van der Waals surface area contributed by atoms with E-state index in [-0.39, 0.29) is 36.4 Å². The summed E-state index contributed by atoms with van der Waals surface area (Å²) in [6.45, 7) is 1.47. The Hall–Kier alpha value is -2.00. The number of phenolic OH excluding ortho intramolecular Hbond substituents is 1. The zero-order chi connectivity index (χ0) is 20.6. The predicted molar refractivity (Wildman–Crippen MR) is 103 cm³/mol. The summed E-state index contributed by atoms with van der Waals surface area (Å²) in [5.74, 6) is -0.695. The zero-order valence-electron chi connectivity index (χ0n) is 16.7. The van der Waals surface area contributed by atoms with Gasteiger partial charge in [0.2, 0.25) is 5.91 Å². The molecule has 6 fully saturated rings. The van der Waals surface area contributed by atoms with Crippen LogP contribution in [0.2, 0.25) is 0 Å². The molecule has 6 aliphatic heterocycles. The number of Topliss-reactive ketones (excluding diaryl/α,β-unsaturated/α-hetero) is 1. The van der Waals surface area contributed by atoms with Gasteiger partial charge in [0, 0.05) is 18.9 Å². The molecule has 1 aromatic carbocycles. The molecule has 0 radical (unpaired) electrons. The number of likely N-dealkylation sites (N-methyl/N-ethyl adjacent to an activating group) is 1. The lowest BCUT2D eigenvalue weighted by Gasteiger charge is -2.57. The first-order valence-electron chi connectivity index (χ1n) is 10.7. The van der Waals surface area contributed by atoms with E-state index in [1.807, 2.05) is 13.1 Å². The topological polar surface area (TPSA) is 103 Å². The number of fused-ring (bicyclic) bond motifs is 6. The van der Waals surface area contributed by atoms with Crippen molar-refractivity contribution < 1.29 is 29.3 Å². The standard InChI is InChI=1S/C22H24N2O6/c1-23-6-5-20-11-3-2-4-12(25)18(11)24-16(27)7-13-17(19(20)24)21(28,8-14(20)26)22(10-23)15(30-22)9-29-13/h2-4,13,15,17,19,25,28H,5-10H2,1H3/t13-,15+,17-,19-,20-,21-,22+/m0/s1. The van der Waals surface area contributed by atoms with Crippen LogP contribution in [0.3, 0.4) is 0 Å². The lowest BCUT2D eigenvalue weighted by Crippen LogP contribution is -2.74. The average molecular weight is 412 g/mol. The summed E-state index contributed by atoms with van der Waals surface area (Å²) < 4.78 is 12.3. The number of piperidine rings is 1. The van der Waals surface area contributed by atoms with Gasteiger partial charge in [-0.15, -0.1) is 0 Å². The molecule has 8 rings (SSSR count). The van der Waals surface area contributed by atoms with Crippen LogP contribution in [0.4, 0.5) is 5.69 Å². The van der Waals surface area contributed by atoms with Crippen LogP contribution in [-0.4, -0.2) is 83.0 Å². The van der Waals surface area contributed by atoms with E-state index in [0.29, 0.717) is 37.4 Å². The van der Waals surface area contributed by atoms with E-state index in [1.54, 1.807) is 17.0 Å². The Morgan fingerprint density at radius 2 is 2.10 bits per heavy atom.